The quantitative estimate of drug-likeness (QED) is 0.772. The first-order valence-corrected chi connectivity index (χ1v) is 9.09. The molecule has 4 rings (SSSR count). The molecule has 0 unspecified atom stereocenters. The molecule has 0 bridgehead atoms. The van der Waals surface area contributed by atoms with E-state index in [-0.39, 0.29) is 36.1 Å². The Morgan fingerprint density at radius 3 is 2.85 bits per heavy atom. The van der Waals surface area contributed by atoms with Gasteiger partial charge in [0.2, 0.25) is 5.91 Å². The summed E-state index contributed by atoms with van der Waals surface area (Å²) >= 11 is 0. The summed E-state index contributed by atoms with van der Waals surface area (Å²) in [5.41, 5.74) is 3.02. The van der Waals surface area contributed by atoms with Crippen LogP contribution in [0.4, 0.5) is 0 Å². The number of nitrogens with one attached hydrogen (secondary N) is 1. The van der Waals surface area contributed by atoms with E-state index >= 15 is 0 Å². The van der Waals surface area contributed by atoms with Gasteiger partial charge in [-0.3, -0.25) is 4.79 Å². The number of aromatic hydroxyl groups is 1. The third-order valence-electron chi connectivity index (χ3n) is 5.29. The van der Waals surface area contributed by atoms with Crippen LogP contribution < -0.4 is 10.1 Å². The van der Waals surface area contributed by atoms with E-state index in [1.165, 1.54) is 5.56 Å². The van der Waals surface area contributed by atoms with Crippen molar-refractivity contribution in [2.75, 3.05) is 6.61 Å². The summed E-state index contributed by atoms with van der Waals surface area (Å²) in [6.45, 7) is 0.704. The Morgan fingerprint density at radius 2 is 2.08 bits per heavy atom. The zero-order valence-corrected chi connectivity index (χ0v) is 14.5. The van der Waals surface area contributed by atoms with E-state index in [2.05, 4.69) is 11.4 Å². The molecule has 1 aliphatic carbocycles. The molecule has 3 N–H and O–H groups in total. The molecule has 1 fully saturated rings. The summed E-state index contributed by atoms with van der Waals surface area (Å²) in [6, 6.07) is 12.7. The molecule has 2 aromatic rings. The van der Waals surface area contributed by atoms with Gasteiger partial charge >= 0.3 is 0 Å². The molecule has 1 saturated carbocycles. The predicted octanol–water partition coefficient (Wildman–Crippen LogP) is 2.50. The van der Waals surface area contributed by atoms with Gasteiger partial charge in [0, 0.05) is 6.42 Å². The fraction of sp³-hybridized carbons (Fsp3) is 0.381. The molecule has 0 aromatic heterocycles. The lowest BCUT2D eigenvalue weighted by Gasteiger charge is -2.38. The molecule has 0 spiro atoms. The third-order valence-corrected chi connectivity index (χ3v) is 5.29. The van der Waals surface area contributed by atoms with Crippen LogP contribution in [0.3, 0.4) is 0 Å². The van der Waals surface area contributed by atoms with E-state index < -0.39 is 0 Å². The second-order valence-electron chi connectivity index (χ2n) is 7.24. The maximum Gasteiger partial charge on any atom is 0.224 e. The van der Waals surface area contributed by atoms with Crippen LogP contribution >= 0.6 is 0 Å². The lowest BCUT2D eigenvalue weighted by Crippen LogP contribution is -2.41. The molecule has 1 amide bonds. The summed E-state index contributed by atoms with van der Waals surface area (Å²) in [6.07, 6.45) is 2.23. The van der Waals surface area contributed by atoms with E-state index in [9.17, 15) is 15.0 Å². The average molecular weight is 353 g/mol. The number of ether oxygens (including phenoxy) is 1. The molecule has 1 atom stereocenters. The zero-order chi connectivity index (χ0) is 18.1. The normalized spacial score (nSPS) is 22.0. The van der Waals surface area contributed by atoms with Gasteiger partial charge in [-0.05, 0) is 59.7 Å². The molecular formula is C21H23NO4. The Kier molecular flexibility index (Phi) is 4.55. The zero-order valence-electron chi connectivity index (χ0n) is 14.5. The largest absolute Gasteiger partial charge is 0.508 e. The van der Waals surface area contributed by atoms with Crippen molar-refractivity contribution in [1.82, 2.24) is 5.32 Å². The minimum Gasteiger partial charge on any atom is -0.508 e. The average Bonchev–Trinajstić information content (AvgIpc) is 3.05. The van der Waals surface area contributed by atoms with Gasteiger partial charge in [0.1, 0.15) is 11.5 Å². The Morgan fingerprint density at radius 1 is 1.23 bits per heavy atom. The number of hydrogen-bond donors (Lipinski definition) is 3. The van der Waals surface area contributed by atoms with Crippen LogP contribution in [0.1, 0.15) is 35.6 Å². The SMILES string of the molecule is O=C(Cc1cccc(O)c1)N[C@@H](c1ccc2c(c1)CCO2)C1CC(O)C1. The summed E-state index contributed by atoms with van der Waals surface area (Å²) in [4.78, 5) is 12.6. The maximum atomic E-state index is 12.6. The number of carbonyl (C=O) groups excluding carboxylic acids is 1. The maximum absolute atomic E-state index is 12.6. The van der Waals surface area contributed by atoms with E-state index in [0.29, 0.717) is 19.4 Å². The van der Waals surface area contributed by atoms with Crippen LogP contribution in [0.2, 0.25) is 0 Å². The predicted molar refractivity (Wildman–Crippen MR) is 97.1 cm³/mol. The molecule has 5 heteroatoms. The van der Waals surface area contributed by atoms with E-state index in [4.69, 9.17) is 4.74 Å². The second-order valence-corrected chi connectivity index (χ2v) is 7.24. The number of aliphatic hydroxyl groups excluding tert-OH is 1. The van der Waals surface area contributed by atoms with Gasteiger partial charge in [-0.15, -0.1) is 0 Å². The summed E-state index contributed by atoms with van der Waals surface area (Å²) in [7, 11) is 0. The fourth-order valence-electron chi connectivity index (χ4n) is 3.85. The van der Waals surface area contributed by atoms with Gasteiger partial charge in [0.05, 0.1) is 25.2 Å². The lowest BCUT2D eigenvalue weighted by atomic mass is 9.74. The number of hydrogen-bond acceptors (Lipinski definition) is 4. The van der Waals surface area contributed by atoms with Crippen molar-refractivity contribution in [1.29, 1.82) is 0 Å². The highest BCUT2D eigenvalue weighted by atomic mass is 16.5. The molecule has 2 aliphatic rings. The van der Waals surface area contributed by atoms with Crippen LogP contribution in [0.5, 0.6) is 11.5 Å². The third kappa shape index (κ3) is 3.53. The first-order valence-electron chi connectivity index (χ1n) is 9.09. The van der Waals surface area contributed by atoms with Crippen LogP contribution in [0.25, 0.3) is 0 Å². The minimum atomic E-state index is -0.275. The van der Waals surface area contributed by atoms with Crippen LogP contribution in [-0.2, 0) is 17.6 Å². The van der Waals surface area contributed by atoms with Crippen molar-refractivity contribution in [3.05, 3.63) is 59.2 Å². The van der Waals surface area contributed by atoms with Gasteiger partial charge in [-0.25, -0.2) is 0 Å². The van der Waals surface area contributed by atoms with E-state index in [1.807, 2.05) is 18.2 Å². The number of benzene rings is 2. The van der Waals surface area contributed by atoms with Crippen molar-refractivity contribution in [3.63, 3.8) is 0 Å². The Balaban J connectivity index is 1.51. The highest BCUT2D eigenvalue weighted by Gasteiger charge is 2.36. The summed E-state index contributed by atoms with van der Waals surface area (Å²) in [5.74, 6) is 1.23. The van der Waals surface area contributed by atoms with E-state index in [1.54, 1.807) is 18.2 Å². The van der Waals surface area contributed by atoms with Crippen LogP contribution in [-0.4, -0.2) is 28.8 Å². The van der Waals surface area contributed by atoms with Crippen molar-refractivity contribution in [2.24, 2.45) is 5.92 Å². The summed E-state index contributed by atoms with van der Waals surface area (Å²) < 4.78 is 5.57. The number of aliphatic hydroxyl groups is 1. The van der Waals surface area contributed by atoms with Crippen LogP contribution in [0.15, 0.2) is 42.5 Å². The molecule has 5 nitrogen and oxygen atoms in total. The summed E-state index contributed by atoms with van der Waals surface area (Å²) in [5, 5.41) is 22.4. The van der Waals surface area contributed by atoms with Crippen molar-refractivity contribution >= 4 is 5.91 Å². The highest BCUT2D eigenvalue weighted by molar-refractivity contribution is 5.79. The van der Waals surface area contributed by atoms with Gasteiger partial charge < -0.3 is 20.3 Å². The highest BCUT2D eigenvalue weighted by Crippen LogP contribution is 2.39. The topological polar surface area (TPSA) is 78.8 Å². The number of amides is 1. The molecule has 1 heterocycles. The first kappa shape index (κ1) is 16.9. The number of phenolic OH excluding ortho intramolecular Hbond substituents is 1. The molecule has 26 heavy (non-hydrogen) atoms. The first-order chi connectivity index (χ1) is 12.6. The Labute approximate surface area is 152 Å². The standard InChI is InChI=1S/C21H23NO4/c23-17-3-1-2-13(8-17)9-20(25)22-21(16-11-18(24)12-16)15-4-5-19-14(10-15)6-7-26-19/h1-5,8,10,16,18,21,23-24H,6-7,9,11-12H2,(H,22,25)/t16?,18?,21-/m0/s1. The van der Waals surface area contributed by atoms with Crippen molar-refractivity contribution in [2.45, 2.75) is 37.8 Å². The molecule has 0 radical (unpaired) electrons. The minimum absolute atomic E-state index is 0.0845. The Hall–Kier alpha value is -2.53. The van der Waals surface area contributed by atoms with Crippen LogP contribution in [0, 0.1) is 5.92 Å². The molecule has 0 saturated heterocycles. The number of phenols is 1. The lowest BCUT2D eigenvalue weighted by molar-refractivity contribution is -0.122. The van der Waals surface area contributed by atoms with Gasteiger partial charge in [-0.1, -0.05) is 18.2 Å². The molecular weight excluding hydrogens is 330 g/mol. The van der Waals surface area contributed by atoms with Crippen molar-refractivity contribution < 1.29 is 19.7 Å². The van der Waals surface area contributed by atoms with Gasteiger partial charge in [-0.2, -0.15) is 0 Å². The Bertz CT molecular complexity index is 813. The second kappa shape index (κ2) is 7.00. The van der Waals surface area contributed by atoms with Gasteiger partial charge in [0.15, 0.2) is 0 Å². The number of carbonyl (C=O) groups is 1. The fourth-order valence-corrected chi connectivity index (χ4v) is 3.85. The van der Waals surface area contributed by atoms with Crippen molar-refractivity contribution in [3.8, 4) is 11.5 Å². The number of rotatable bonds is 5. The smallest absolute Gasteiger partial charge is 0.224 e. The van der Waals surface area contributed by atoms with E-state index in [0.717, 1.165) is 23.3 Å². The number of fused-ring (bicyclic) bond motifs is 1. The molecule has 1 aliphatic heterocycles. The van der Waals surface area contributed by atoms with Gasteiger partial charge in [0.25, 0.3) is 0 Å². The molecule has 136 valence electrons. The monoisotopic (exact) mass is 353 g/mol. The molecule has 2 aromatic carbocycles.